The van der Waals surface area contributed by atoms with Crippen molar-refractivity contribution in [2.45, 2.75) is 52.7 Å². The Labute approximate surface area is 109 Å². The van der Waals surface area contributed by atoms with Gasteiger partial charge < -0.3 is 14.4 Å². The van der Waals surface area contributed by atoms with Crippen LogP contribution in [0.15, 0.2) is 12.1 Å². The van der Waals surface area contributed by atoms with E-state index < -0.39 is 0 Å². The van der Waals surface area contributed by atoms with Gasteiger partial charge in [-0.15, -0.1) is 0 Å². The smallest absolute Gasteiger partial charge is 0.495 e. The van der Waals surface area contributed by atoms with Crippen molar-refractivity contribution in [1.29, 1.82) is 0 Å². The van der Waals surface area contributed by atoms with E-state index in [-0.39, 0.29) is 18.3 Å². The molecule has 1 aromatic rings. The van der Waals surface area contributed by atoms with Gasteiger partial charge in [-0.25, -0.2) is 0 Å². The first kappa shape index (κ1) is 13.4. The molecule has 1 aromatic carbocycles. The van der Waals surface area contributed by atoms with Gasteiger partial charge in [-0.3, -0.25) is 0 Å². The van der Waals surface area contributed by atoms with Gasteiger partial charge >= 0.3 is 7.12 Å². The summed E-state index contributed by atoms with van der Waals surface area (Å²) in [7, 11) is -0.366. The Morgan fingerprint density at radius 1 is 0.944 bits per heavy atom. The minimum atomic E-state index is -0.366. The number of rotatable bonds is 1. The summed E-state index contributed by atoms with van der Waals surface area (Å²) in [6, 6.07) is 3.57. The molecule has 4 heteroatoms. The predicted molar refractivity (Wildman–Crippen MR) is 73.3 cm³/mol. The van der Waals surface area contributed by atoms with E-state index in [4.69, 9.17) is 9.31 Å². The van der Waals surface area contributed by atoms with Crippen molar-refractivity contribution in [2.24, 2.45) is 0 Å². The fourth-order valence-electron chi connectivity index (χ4n) is 2.05. The van der Waals surface area contributed by atoms with Crippen LogP contribution < -0.4 is 5.46 Å². The molecular formula is C14H21BO3. The van der Waals surface area contributed by atoms with Crippen molar-refractivity contribution in [3.05, 3.63) is 23.3 Å². The van der Waals surface area contributed by atoms with Crippen LogP contribution in [-0.2, 0) is 9.31 Å². The van der Waals surface area contributed by atoms with E-state index in [2.05, 4.69) is 0 Å². The summed E-state index contributed by atoms with van der Waals surface area (Å²) in [4.78, 5) is 0. The quantitative estimate of drug-likeness (QED) is 0.775. The Bertz CT molecular complexity index is 464. The first-order valence-electron chi connectivity index (χ1n) is 6.30. The molecule has 0 atom stereocenters. The summed E-state index contributed by atoms with van der Waals surface area (Å²) >= 11 is 0. The van der Waals surface area contributed by atoms with E-state index in [1.807, 2.05) is 47.6 Å². The molecule has 1 N–H and O–H groups in total. The Morgan fingerprint density at radius 3 is 1.94 bits per heavy atom. The van der Waals surface area contributed by atoms with Gasteiger partial charge in [0.1, 0.15) is 5.75 Å². The van der Waals surface area contributed by atoms with E-state index in [9.17, 15) is 5.11 Å². The maximum absolute atomic E-state index is 9.69. The van der Waals surface area contributed by atoms with Gasteiger partial charge in [-0.1, -0.05) is 6.07 Å². The van der Waals surface area contributed by atoms with Crippen LogP contribution in [0.2, 0.25) is 0 Å². The summed E-state index contributed by atoms with van der Waals surface area (Å²) < 4.78 is 12.0. The molecule has 1 saturated heterocycles. The summed E-state index contributed by atoms with van der Waals surface area (Å²) in [6.45, 7) is 12.0. The second kappa shape index (κ2) is 4.00. The molecular weight excluding hydrogens is 227 g/mol. The number of hydrogen-bond acceptors (Lipinski definition) is 3. The molecule has 1 fully saturated rings. The minimum absolute atomic E-state index is 0.313. The van der Waals surface area contributed by atoms with Crippen LogP contribution in [0.1, 0.15) is 38.8 Å². The lowest BCUT2D eigenvalue weighted by atomic mass is 9.75. The van der Waals surface area contributed by atoms with Crippen LogP contribution >= 0.6 is 0 Å². The van der Waals surface area contributed by atoms with Crippen molar-refractivity contribution in [1.82, 2.24) is 0 Å². The van der Waals surface area contributed by atoms with Crippen LogP contribution in [0.25, 0.3) is 0 Å². The fourth-order valence-corrected chi connectivity index (χ4v) is 2.05. The highest BCUT2D eigenvalue weighted by Gasteiger charge is 2.52. The molecule has 1 aliphatic rings. The van der Waals surface area contributed by atoms with Crippen LogP contribution in [0.5, 0.6) is 5.75 Å². The number of hydrogen-bond donors (Lipinski definition) is 1. The molecule has 0 aliphatic carbocycles. The van der Waals surface area contributed by atoms with Crippen molar-refractivity contribution in [2.75, 3.05) is 0 Å². The number of phenols is 1. The van der Waals surface area contributed by atoms with Crippen molar-refractivity contribution >= 4 is 12.6 Å². The molecule has 0 bridgehead atoms. The number of benzene rings is 1. The molecule has 3 nitrogen and oxygen atoms in total. The molecule has 0 amide bonds. The summed E-state index contributed by atoms with van der Waals surface area (Å²) in [5.74, 6) is 0.313. The van der Waals surface area contributed by atoms with Crippen molar-refractivity contribution in [3.8, 4) is 5.75 Å². The molecule has 0 radical (unpaired) electrons. The highest BCUT2D eigenvalue weighted by Crippen LogP contribution is 2.37. The monoisotopic (exact) mass is 248 g/mol. The number of aromatic hydroxyl groups is 1. The summed E-state index contributed by atoms with van der Waals surface area (Å²) in [5, 5.41) is 9.69. The molecule has 1 aliphatic heterocycles. The van der Waals surface area contributed by atoms with Crippen LogP contribution in [-0.4, -0.2) is 23.4 Å². The average Bonchev–Trinajstić information content (AvgIpc) is 2.45. The maximum Gasteiger partial charge on any atom is 0.495 e. The SMILES string of the molecule is Cc1c(O)ccc(B2OC(C)(C)C(C)(C)O2)c1C. The molecule has 0 aromatic heterocycles. The van der Waals surface area contributed by atoms with Crippen LogP contribution in [0.4, 0.5) is 0 Å². The van der Waals surface area contributed by atoms with Gasteiger partial charge in [0.15, 0.2) is 0 Å². The Hall–Kier alpha value is -0.995. The predicted octanol–water partition coefficient (Wildman–Crippen LogP) is 2.31. The van der Waals surface area contributed by atoms with E-state index in [0.717, 1.165) is 16.6 Å². The molecule has 18 heavy (non-hydrogen) atoms. The highest BCUT2D eigenvalue weighted by molar-refractivity contribution is 6.62. The first-order valence-corrected chi connectivity index (χ1v) is 6.30. The van der Waals surface area contributed by atoms with Crippen LogP contribution in [0, 0.1) is 13.8 Å². The van der Waals surface area contributed by atoms with E-state index in [1.54, 1.807) is 6.07 Å². The molecule has 98 valence electrons. The molecule has 1 heterocycles. The summed E-state index contributed by atoms with van der Waals surface area (Å²) in [5.41, 5.74) is 2.21. The van der Waals surface area contributed by atoms with Crippen molar-refractivity contribution in [3.63, 3.8) is 0 Å². The standard InChI is InChI=1S/C14H21BO3/c1-9-10(2)12(16)8-7-11(9)15-17-13(3,4)14(5,6)18-15/h7-8,16H,1-6H3. The van der Waals surface area contributed by atoms with E-state index in [1.165, 1.54) is 0 Å². The number of phenolic OH excluding ortho intramolecular Hbond substituents is 1. The third-order valence-corrected chi connectivity index (χ3v) is 4.31. The van der Waals surface area contributed by atoms with Gasteiger partial charge in [-0.2, -0.15) is 0 Å². The van der Waals surface area contributed by atoms with E-state index >= 15 is 0 Å². The van der Waals surface area contributed by atoms with Gasteiger partial charge in [0.05, 0.1) is 11.2 Å². The normalized spacial score (nSPS) is 21.3. The van der Waals surface area contributed by atoms with Gasteiger partial charge in [0, 0.05) is 0 Å². The third kappa shape index (κ3) is 1.93. The maximum atomic E-state index is 9.69. The Balaban J connectivity index is 2.39. The first-order chi connectivity index (χ1) is 8.16. The highest BCUT2D eigenvalue weighted by atomic mass is 16.7. The zero-order chi connectivity index (χ0) is 13.7. The second-order valence-electron chi connectivity index (χ2n) is 6.01. The topological polar surface area (TPSA) is 38.7 Å². The lowest BCUT2D eigenvalue weighted by Gasteiger charge is -2.32. The summed E-state index contributed by atoms with van der Waals surface area (Å²) in [6.07, 6.45) is 0. The van der Waals surface area contributed by atoms with Gasteiger partial charge in [0.25, 0.3) is 0 Å². The molecule has 2 rings (SSSR count). The molecule has 0 saturated carbocycles. The van der Waals surface area contributed by atoms with Crippen LogP contribution in [0.3, 0.4) is 0 Å². The zero-order valence-corrected chi connectivity index (χ0v) is 12.0. The Kier molecular flexibility index (Phi) is 2.99. The average molecular weight is 248 g/mol. The second-order valence-corrected chi connectivity index (χ2v) is 6.01. The van der Waals surface area contributed by atoms with Crippen molar-refractivity contribution < 1.29 is 14.4 Å². The Morgan fingerprint density at radius 2 is 1.44 bits per heavy atom. The molecule has 0 unspecified atom stereocenters. The lowest BCUT2D eigenvalue weighted by Crippen LogP contribution is -2.41. The minimum Gasteiger partial charge on any atom is -0.508 e. The lowest BCUT2D eigenvalue weighted by molar-refractivity contribution is 0.00578. The fraction of sp³-hybridized carbons (Fsp3) is 0.571. The van der Waals surface area contributed by atoms with Gasteiger partial charge in [-0.05, 0) is 64.2 Å². The zero-order valence-electron chi connectivity index (χ0n) is 12.0. The largest absolute Gasteiger partial charge is 0.508 e. The van der Waals surface area contributed by atoms with E-state index in [0.29, 0.717) is 5.75 Å². The molecule has 0 spiro atoms. The third-order valence-electron chi connectivity index (χ3n) is 4.31. The van der Waals surface area contributed by atoms with Gasteiger partial charge in [0.2, 0.25) is 0 Å².